The number of nitrogens with zero attached hydrogens (tertiary/aromatic N) is 2. The summed E-state index contributed by atoms with van der Waals surface area (Å²) in [5.74, 6) is 0. The fraction of sp³-hybridized carbons (Fsp3) is 0. The Labute approximate surface area is 359 Å². The number of benzene rings is 10. The molecule has 4 aromatic heterocycles. The molecule has 5 heteroatoms. The van der Waals surface area contributed by atoms with Crippen molar-refractivity contribution in [3.05, 3.63) is 194 Å². The van der Waals surface area contributed by atoms with Crippen LogP contribution in [0.3, 0.4) is 0 Å². The number of fused-ring (bicyclic) bond motifs is 14. The normalized spacial score (nSPS) is 12.1. The zero-order chi connectivity index (χ0) is 41.2. The summed E-state index contributed by atoms with van der Waals surface area (Å²) in [5, 5.41) is 10.3. The molecule has 63 heavy (non-hydrogen) atoms. The highest BCUT2D eigenvalue weighted by molar-refractivity contribution is 6.22. The third kappa shape index (κ3) is 5.17. The zero-order valence-electron chi connectivity index (χ0n) is 33.6. The Balaban J connectivity index is 0.841. The van der Waals surface area contributed by atoms with Gasteiger partial charge in [-0.15, -0.1) is 0 Å². The maximum absolute atomic E-state index is 6.59. The van der Waals surface area contributed by atoms with Crippen molar-refractivity contribution >= 4 is 98.7 Å². The number of rotatable bonds is 4. The molecule has 14 aromatic rings. The van der Waals surface area contributed by atoms with Gasteiger partial charge in [-0.25, -0.2) is 9.97 Å². The van der Waals surface area contributed by atoms with E-state index in [4.69, 9.17) is 23.2 Å². The van der Waals surface area contributed by atoms with Crippen molar-refractivity contribution in [1.82, 2.24) is 9.97 Å². The Morgan fingerprint density at radius 1 is 0.302 bits per heavy atom. The van der Waals surface area contributed by atoms with Gasteiger partial charge in [-0.1, -0.05) is 146 Å². The van der Waals surface area contributed by atoms with Gasteiger partial charge >= 0.3 is 0 Å². The molecule has 0 aliphatic carbocycles. The predicted octanol–water partition coefficient (Wildman–Crippen LogP) is 16.3. The maximum atomic E-state index is 6.59. The van der Waals surface area contributed by atoms with Crippen molar-refractivity contribution in [3.8, 4) is 44.5 Å². The molecule has 14 rings (SSSR count). The van der Waals surface area contributed by atoms with E-state index in [9.17, 15) is 0 Å². The molecular formula is C58H32N2O3. The van der Waals surface area contributed by atoms with E-state index in [1.807, 2.05) is 12.1 Å². The summed E-state index contributed by atoms with van der Waals surface area (Å²) in [6, 6.07) is 68.2. The van der Waals surface area contributed by atoms with Crippen LogP contribution in [0.1, 0.15) is 0 Å². The van der Waals surface area contributed by atoms with Crippen LogP contribution < -0.4 is 0 Å². The molecule has 0 fully saturated rings. The van der Waals surface area contributed by atoms with E-state index < -0.39 is 0 Å². The van der Waals surface area contributed by atoms with Crippen molar-refractivity contribution < 1.29 is 13.3 Å². The topological polar surface area (TPSA) is 65.2 Å². The van der Waals surface area contributed by atoms with E-state index in [1.165, 1.54) is 21.5 Å². The van der Waals surface area contributed by atoms with Gasteiger partial charge in [0.15, 0.2) is 0 Å². The Morgan fingerprint density at radius 2 is 0.810 bits per heavy atom. The second kappa shape index (κ2) is 13.0. The Morgan fingerprint density at radius 3 is 1.44 bits per heavy atom. The van der Waals surface area contributed by atoms with Gasteiger partial charge in [0, 0.05) is 38.1 Å². The van der Waals surface area contributed by atoms with E-state index in [0.29, 0.717) is 5.71 Å². The quantitative estimate of drug-likeness (QED) is 0.177. The molecule has 0 aliphatic rings. The number of furan rings is 3. The lowest BCUT2D eigenvalue weighted by Crippen LogP contribution is -1.87. The lowest BCUT2D eigenvalue weighted by atomic mass is 9.96. The molecule has 5 nitrogen and oxygen atoms in total. The summed E-state index contributed by atoms with van der Waals surface area (Å²) in [6.07, 6.45) is 0. The van der Waals surface area contributed by atoms with Gasteiger partial charge in [-0.2, -0.15) is 0 Å². The molecule has 0 saturated heterocycles. The third-order valence-corrected chi connectivity index (χ3v) is 12.9. The maximum Gasteiger partial charge on any atom is 0.246 e. The van der Waals surface area contributed by atoms with Crippen molar-refractivity contribution in [3.63, 3.8) is 0 Å². The molecule has 292 valence electrons. The van der Waals surface area contributed by atoms with Crippen molar-refractivity contribution in [1.29, 1.82) is 0 Å². The van der Waals surface area contributed by atoms with Gasteiger partial charge in [0.05, 0.1) is 11.0 Å². The number of para-hydroxylation sites is 2. The van der Waals surface area contributed by atoms with Gasteiger partial charge < -0.3 is 13.3 Å². The van der Waals surface area contributed by atoms with Gasteiger partial charge in [-0.3, -0.25) is 0 Å². The zero-order valence-corrected chi connectivity index (χ0v) is 33.6. The van der Waals surface area contributed by atoms with Gasteiger partial charge in [0.25, 0.3) is 0 Å². The Kier molecular flexibility index (Phi) is 7.05. The van der Waals surface area contributed by atoms with Gasteiger partial charge in [0.2, 0.25) is 5.71 Å². The molecular weight excluding hydrogens is 773 g/mol. The van der Waals surface area contributed by atoms with Crippen LogP contribution in [-0.2, 0) is 0 Å². The summed E-state index contributed by atoms with van der Waals surface area (Å²) >= 11 is 0. The van der Waals surface area contributed by atoms with E-state index in [0.717, 1.165) is 116 Å². The highest BCUT2D eigenvalue weighted by atomic mass is 16.3. The van der Waals surface area contributed by atoms with Crippen LogP contribution in [-0.4, -0.2) is 9.97 Å². The average molecular weight is 805 g/mol. The Bertz CT molecular complexity index is 4220. The van der Waals surface area contributed by atoms with E-state index in [1.54, 1.807) is 0 Å². The van der Waals surface area contributed by atoms with Gasteiger partial charge in [0.1, 0.15) is 33.4 Å². The standard InChI is InChI=1S/C58H32N2O3/c1-3-15-41-33(9-1)22-27-51-53(41)45-19-7-17-43(56(45)61-51)39-13-5-11-35(29-39)37-24-26-50-47(31-37)55-58(63-50)60-48-25-21-38(32-49(48)59-55)36-12-6-14-40(30-36)44-18-8-20-46-54-42-16-4-2-10-34(42)23-28-52(54)62-57(44)46/h1-32H. The first-order chi connectivity index (χ1) is 31.2. The molecule has 10 aromatic carbocycles. The van der Waals surface area contributed by atoms with Crippen molar-refractivity contribution in [2.75, 3.05) is 0 Å². The smallest absolute Gasteiger partial charge is 0.246 e. The molecule has 0 saturated carbocycles. The molecule has 0 atom stereocenters. The van der Waals surface area contributed by atoms with Crippen LogP contribution in [0.5, 0.6) is 0 Å². The van der Waals surface area contributed by atoms with E-state index in [2.05, 4.69) is 182 Å². The number of hydrogen-bond donors (Lipinski definition) is 0. The van der Waals surface area contributed by atoms with E-state index >= 15 is 0 Å². The van der Waals surface area contributed by atoms with Crippen LogP contribution in [0.25, 0.3) is 143 Å². The Hall–Kier alpha value is -8.54. The molecule has 0 spiro atoms. The monoisotopic (exact) mass is 804 g/mol. The summed E-state index contributed by atoms with van der Waals surface area (Å²) in [6.45, 7) is 0. The van der Waals surface area contributed by atoms with Crippen molar-refractivity contribution in [2.45, 2.75) is 0 Å². The first-order valence-corrected chi connectivity index (χ1v) is 21.2. The molecule has 0 amide bonds. The minimum Gasteiger partial charge on any atom is -0.455 e. The summed E-state index contributed by atoms with van der Waals surface area (Å²) in [4.78, 5) is 10.2. The molecule has 0 unspecified atom stereocenters. The lowest BCUT2D eigenvalue weighted by molar-refractivity contribution is 0.655. The highest BCUT2D eigenvalue weighted by Gasteiger charge is 2.18. The summed E-state index contributed by atoms with van der Waals surface area (Å²) in [7, 11) is 0. The molecule has 0 aliphatic heterocycles. The third-order valence-electron chi connectivity index (χ3n) is 12.9. The first kappa shape index (κ1) is 34.2. The van der Waals surface area contributed by atoms with Gasteiger partial charge in [-0.05, 0) is 103 Å². The average Bonchev–Trinajstić information content (AvgIpc) is 4.04. The fourth-order valence-electron chi connectivity index (χ4n) is 9.88. The van der Waals surface area contributed by atoms with Crippen LogP contribution in [0.4, 0.5) is 0 Å². The molecule has 0 N–H and O–H groups in total. The lowest BCUT2D eigenvalue weighted by Gasteiger charge is -2.08. The molecule has 4 heterocycles. The second-order valence-electron chi connectivity index (χ2n) is 16.4. The summed E-state index contributed by atoms with van der Waals surface area (Å²) < 4.78 is 19.5. The van der Waals surface area contributed by atoms with Crippen LogP contribution in [0.2, 0.25) is 0 Å². The number of aromatic nitrogens is 2. The predicted molar refractivity (Wildman–Crippen MR) is 258 cm³/mol. The van der Waals surface area contributed by atoms with Crippen molar-refractivity contribution in [2.24, 2.45) is 0 Å². The SMILES string of the molecule is c1cc(-c2ccc3nc4oc5ccc(-c6cccc(-c7cccc8c7oc7ccc9ccccc9c78)c6)cc5c4nc3c2)cc(-c2cccc3c2oc2ccc4ccccc4c23)c1. The second-order valence-corrected chi connectivity index (χ2v) is 16.4. The van der Waals surface area contributed by atoms with Crippen LogP contribution in [0.15, 0.2) is 207 Å². The highest BCUT2D eigenvalue weighted by Crippen LogP contribution is 2.42. The van der Waals surface area contributed by atoms with Crippen LogP contribution in [0, 0.1) is 0 Å². The minimum absolute atomic E-state index is 0.522. The molecule has 0 radical (unpaired) electrons. The van der Waals surface area contributed by atoms with Crippen LogP contribution >= 0.6 is 0 Å². The fourth-order valence-corrected chi connectivity index (χ4v) is 9.88. The largest absolute Gasteiger partial charge is 0.455 e. The molecule has 0 bridgehead atoms. The van der Waals surface area contributed by atoms with E-state index in [-0.39, 0.29) is 0 Å². The number of hydrogen-bond acceptors (Lipinski definition) is 5. The summed E-state index contributed by atoms with van der Waals surface area (Å²) in [5.41, 5.74) is 15.7. The first-order valence-electron chi connectivity index (χ1n) is 21.2. The minimum atomic E-state index is 0.522.